The lowest BCUT2D eigenvalue weighted by atomic mass is 10.2. The van der Waals surface area contributed by atoms with Gasteiger partial charge in [-0.2, -0.15) is 5.10 Å². The Kier molecular flexibility index (Phi) is 4.74. The van der Waals surface area contributed by atoms with Gasteiger partial charge in [0.2, 0.25) is 0 Å². The fourth-order valence-electron chi connectivity index (χ4n) is 1.61. The summed E-state index contributed by atoms with van der Waals surface area (Å²) in [5.74, 6) is 0.180. The molecule has 0 bridgehead atoms. The van der Waals surface area contributed by atoms with E-state index in [9.17, 15) is 4.79 Å². The minimum absolute atomic E-state index is 0.326. The van der Waals surface area contributed by atoms with Crippen LogP contribution in [0.3, 0.4) is 0 Å². The van der Waals surface area contributed by atoms with Crippen molar-refractivity contribution in [1.29, 1.82) is 0 Å². The van der Waals surface area contributed by atoms with Gasteiger partial charge >= 0.3 is 0 Å². The molecule has 20 heavy (non-hydrogen) atoms. The average molecular weight is 289 g/mol. The first-order valence-corrected chi connectivity index (χ1v) is 6.30. The molecule has 4 nitrogen and oxygen atoms in total. The number of carbonyl (C=O) groups is 1. The molecule has 0 aromatic heterocycles. The number of amides is 1. The van der Waals surface area contributed by atoms with E-state index in [1.807, 2.05) is 0 Å². The van der Waals surface area contributed by atoms with E-state index in [1.54, 1.807) is 54.7 Å². The molecule has 2 rings (SSSR count). The second-order valence-electron chi connectivity index (χ2n) is 3.95. The average Bonchev–Trinajstić information content (AvgIpc) is 2.49. The largest absolute Gasteiger partial charge is 0.496 e. The number of hydrazone groups is 1. The topological polar surface area (TPSA) is 50.7 Å². The van der Waals surface area contributed by atoms with E-state index in [-0.39, 0.29) is 5.91 Å². The van der Waals surface area contributed by atoms with E-state index in [0.717, 1.165) is 5.56 Å². The highest BCUT2D eigenvalue weighted by molar-refractivity contribution is 6.30. The lowest BCUT2D eigenvalue weighted by Gasteiger charge is -2.05. The molecule has 2 aromatic carbocycles. The van der Waals surface area contributed by atoms with E-state index >= 15 is 0 Å². The van der Waals surface area contributed by atoms with E-state index in [0.29, 0.717) is 16.3 Å². The number of hydrogen-bond acceptors (Lipinski definition) is 3. The van der Waals surface area contributed by atoms with Crippen LogP contribution in [0, 0.1) is 0 Å². The van der Waals surface area contributed by atoms with E-state index in [1.165, 1.54) is 7.11 Å². The van der Waals surface area contributed by atoms with Gasteiger partial charge in [0.25, 0.3) is 5.91 Å². The van der Waals surface area contributed by atoms with Gasteiger partial charge in [-0.25, -0.2) is 5.43 Å². The fraction of sp³-hybridized carbons (Fsp3) is 0.0667. The van der Waals surface area contributed by atoms with Crippen molar-refractivity contribution in [1.82, 2.24) is 5.43 Å². The Balaban J connectivity index is 2.03. The van der Waals surface area contributed by atoms with E-state index in [2.05, 4.69) is 10.5 Å². The van der Waals surface area contributed by atoms with Crippen molar-refractivity contribution in [3.8, 4) is 5.75 Å². The summed E-state index contributed by atoms with van der Waals surface area (Å²) in [5.41, 5.74) is 3.73. The van der Waals surface area contributed by atoms with Gasteiger partial charge in [-0.3, -0.25) is 4.79 Å². The Morgan fingerprint density at radius 2 is 1.90 bits per heavy atom. The predicted octanol–water partition coefficient (Wildman–Crippen LogP) is 3.11. The van der Waals surface area contributed by atoms with Crippen LogP contribution in [0.25, 0.3) is 0 Å². The molecule has 102 valence electrons. The minimum atomic E-state index is -0.326. The van der Waals surface area contributed by atoms with E-state index < -0.39 is 0 Å². The smallest absolute Gasteiger partial charge is 0.275 e. The first kappa shape index (κ1) is 14.1. The van der Waals surface area contributed by atoms with Crippen LogP contribution < -0.4 is 10.2 Å². The zero-order valence-corrected chi connectivity index (χ0v) is 11.6. The molecule has 1 amide bonds. The van der Waals surface area contributed by atoms with Gasteiger partial charge in [-0.05, 0) is 29.8 Å². The summed E-state index contributed by atoms with van der Waals surface area (Å²) < 4.78 is 5.12. The zero-order chi connectivity index (χ0) is 14.4. The number of methoxy groups -OCH3 is 1. The summed E-state index contributed by atoms with van der Waals surface area (Å²) in [6.45, 7) is 0. The molecule has 0 aliphatic rings. The molecule has 1 N–H and O–H groups in total. The molecule has 0 spiro atoms. The van der Waals surface area contributed by atoms with E-state index in [4.69, 9.17) is 16.3 Å². The van der Waals surface area contributed by atoms with Crippen molar-refractivity contribution in [2.24, 2.45) is 5.10 Å². The normalized spacial score (nSPS) is 10.5. The number of nitrogens with one attached hydrogen (secondary N) is 1. The van der Waals surface area contributed by atoms with Crippen LogP contribution in [0.5, 0.6) is 5.75 Å². The summed E-state index contributed by atoms with van der Waals surface area (Å²) in [6, 6.07) is 14.1. The van der Waals surface area contributed by atoms with Crippen LogP contribution in [0.1, 0.15) is 15.9 Å². The lowest BCUT2D eigenvalue weighted by molar-refractivity contribution is 0.0952. The Morgan fingerprint density at radius 3 is 2.60 bits per heavy atom. The Hall–Kier alpha value is -2.33. The Bertz CT molecular complexity index is 624. The van der Waals surface area contributed by atoms with Crippen LogP contribution in [0.15, 0.2) is 53.6 Å². The lowest BCUT2D eigenvalue weighted by Crippen LogP contribution is -2.18. The van der Waals surface area contributed by atoms with Gasteiger partial charge < -0.3 is 4.74 Å². The van der Waals surface area contributed by atoms with Crippen LogP contribution in [-0.4, -0.2) is 19.2 Å². The highest BCUT2D eigenvalue weighted by atomic mass is 35.5. The van der Waals surface area contributed by atoms with Crippen LogP contribution in [0.2, 0.25) is 5.02 Å². The first-order chi connectivity index (χ1) is 9.70. The third-order valence-electron chi connectivity index (χ3n) is 2.60. The molecule has 0 heterocycles. The third kappa shape index (κ3) is 3.59. The molecule has 0 aliphatic heterocycles. The molecule has 0 saturated carbocycles. The maximum atomic E-state index is 11.9. The van der Waals surface area contributed by atoms with Gasteiger partial charge in [-0.15, -0.1) is 0 Å². The van der Waals surface area contributed by atoms with Crippen molar-refractivity contribution in [2.75, 3.05) is 7.11 Å². The fourth-order valence-corrected chi connectivity index (χ4v) is 1.73. The zero-order valence-electron chi connectivity index (χ0n) is 10.8. The molecule has 0 radical (unpaired) electrons. The second kappa shape index (κ2) is 6.73. The second-order valence-corrected chi connectivity index (χ2v) is 4.39. The number of carbonyl (C=O) groups excluding carboxylic acids is 1. The summed E-state index contributed by atoms with van der Waals surface area (Å²) in [5, 5.41) is 4.55. The highest BCUT2D eigenvalue weighted by Gasteiger charge is 2.09. The maximum absolute atomic E-state index is 11.9. The number of halogens is 1. The number of rotatable bonds is 4. The van der Waals surface area contributed by atoms with Crippen molar-refractivity contribution in [2.45, 2.75) is 0 Å². The SMILES string of the molecule is COc1ccccc1C(=O)N/N=C\c1ccc(Cl)cc1. The quantitative estimate of drug-likeness (QED) is 0.694. The van der Waals surface area contributed by atoms with Crippen LogP contribution >= 0.6 is 11.6 Å². The number of hydrogen-bond donors (Lipinski definition) is 1. The van der Waals surface area contributed by atoms with Gasteiger partial charge in [-0.1, -0.05) is 35.9 Å². The predicted molar refractivity (Wildman–Crippen MR) is 79.5 cm³/mol. The van der Waals surface area contributed by atoms with Gasteiger partial charge in [0.15, 0.2) is 0 Å². The summed E-state index contributed by atoms with van der Waals surface area (Å²) in [4.78, 5) is 11.9. The maximum Gasteiger partial charge on any atom is 0.275 e. The molecular weight excluding hydrogens is 276 g/mol. The Labute approximate surface area is 122 Å². The molecular formula is C15H13ClN2O2. The summed E-state index contributed by atoms with van der Waals surface area (Å²) in [6.07, 6.45) is 1.55. The van der Waals surface area contributed by atoms with Crippen LogP contribution in [-0.2, 0) is 0 Å². The van der Waals surface area contributed by atoms with Crippen molar-refractivity contribution in [3.63, 3.8) is 0 Å². The molecule has 0 aliphatic carbocycles. The van der Waals surface area contributed by atoms with Gasteiger partial charge in [0.05, 0.1) is 18.9 Å². The van der Waals surface area contributed by atoms with Gasteiger partial charge in [0, 0.05) is 5.02 Å². The summed E-state index contributed by atoms with van der Waals surface area (Å²) >= 11 is 5.78. The third-order valence-corrected chi connectivity index (χ3v) is 2.85. The van der Waals surface area contributed by atoms with Crippen molar-refractivity contribution in [3.05, 3.63) is 64.7 Å². The number of nitrogens with zero attached hydrogens (tertiary/aromatic N) is 1. The monoisotopic (exact) mass is 288 g/mol. The first-order valence-electron chi connectivity index (χ1n) is 5.92. The standard InChI is InChI=1S/C15H13ClN2O2/c1-20-14-5-3-2-4-13(14)15(19)18-17-10-11-6-8-12(16)9-7-11/h2-10H,1H3,(H,18,19)/b17-10-. The molecule has 0 atom stereocenters. The number of benzene rings is 2. The van der Waals surface area contributed by atoms with Gasteiger partial charge in [0.1, 0.15) is 5.75 Å². The molecule has 5 heteroatoms. The van der Waals surface area contributed by atoms with Crippen LogP contribution in [0.4, 0.5) is 0 Å². The van der Waals surface area contributed by atoms with Crippen molar-refractivity contribution < 1.29 is 9.53 Å². The minimum Gasteiger partial charge on any atom is -0.496 e. The molecule has 0 saturated heterocycles. The molecule has 0 unspecified atom stereocenters. The summed E-state index contributed by atoms with van der Waals surface area (Å²) in [7, 11) is 1.52. The number of para-hydroxylation sites is 1. The highest BCUT2D eigenvalue weighted by Crippen LogP contribution is 2.16. The molecule has 2 aromatic rings. The number of ether oxygens (including phenoxy) is 1. The Morgan fingerprint density at radius 1 is 1.20 bits per heavy atom. The molecule has 0 fully saturated rings. The van der Waals surface area contributed by atoms with Crippen molar-refractivity contribution >= 4 is 23.7 Å².